The van der Waals surface area contributed by atoms with Crippen LogP contribution in [-0.2, 0) is 23.7 Å². The number of hydrogen-bond acceptors (Lipinski definition) is 5. The molecule has 88 valence electrons. The van der Waals surface area contributed by atoms with Crippen LogP contribution in [0.25, 0.3) is 0 Å². The van der Waals surface area contributed by atoms with E-state index in [1.165, 1.54) is 13.8 Å². The Bertz CT molecular complexity index is 265. The molecule has 0 aromatic rings. The third-order valence-electron chi connectivity index (χ3n) is 0.564. The van der Waals surface area contributed by atoms with Crippen LogP contribution in [0.15, 0.2) is 0 Å². The summed E-state index contributed by atoms with van der Waals surface area (Å²) in [7, 11) is -8.34. The topological polar surface area (TPSA) is 130 Å². The van der Waals surface area contributed by atoms with Crippen molar-refractivity contribution in [3.63, 3.8) is 0 Å². The second-order valence-electron chi connectivity index (χ2n) is 1.74. The molecule has 0 aromatic heterocycles. The highest BCUT2D eigenvalue weighted by Crippen LogP contribution is 2.34. The maximum Gasteiger partial charge on any atom is 0.469 e. The summed E-state index contributed by atoms with van der Waals surface area (Å²) in [6.45, 7) is 3.00. The van der Waals surface area contributed by atoms with E-state index in [1.807, 2.05) is 0 Å². The minimum absolute atomic E-state index is 0.0289. The maximum atomic E-state index is 9.70. The van der Waals surface area contributed by atoms with E-state index in [4.69, 9.17) is 14.3 Å². The van der Waals surface area contributed by atoms with Gasteiger partial charge in [-0.25, -0.2) is 8.75 Å². The first-order valence-electron chi connectivity index (χ1n) is 3.44. The van der Waals surface area contributed by atoms with Gasteiger partial charge in [0.2, 0.25) is 0 Å². The minimum Gasteiger partial charge on any atom is -0.303 e. The van der Waals surface area contributed by atoms with Crippen LogP contribution in [0.2, 0.25) is 0 Å². The first kappa shape index (κ1) is 16.4. The second kappa shape index (κ2) is 7.30. The Morgan fingerprint density at radius 3 is 1.64 bits per heavy atom. The van der Waals surface area contributed by atoms with Crippen molar-refractivity contribution < 1.29 is 36.0 Å². The summed E-state index contributed by atoms with van der Waals surface area (Å²) in [6, 6.07) is 0. The van der Waals surface area contributed by atoms with Gasteiger partial charge in [-0.1, -0.05) is 0 Å². The van der Waals surface area contributed by atoms with Crippen LogP contribution < -0.4 is 0 Å². The molecular weight excluding hydrogens is 239 g/mol. The van der Waals surface area contributed by atoms with E-state index in [0.717, 1.165) is 0 Å². The van der Waals surface area contributed by atoms with Crippen molar-refractivity contribution in [2.75, 3.05) is 13.2 Å². The fourth-order valence-electron chi connectivity index (χ4n) is 0.317. The van der Waals surface area contributed by atoms with Gasteiger partial charge < -0.3 is 9.79 Å². The average molecular weight is 252 g/mol. The number of phosphoric ester groups is 1. The largest absolute Gasteiger partial charge is 0.469 e. The average Bonchev–Trinajstić information content (AvgIpc) is 1.81. The lowest BCUT2D eigenvalue weighted by Crippen LogP contribution is -2.01. The molecule has 0 rings (SSSR count). The Labute approximate surface area is 82.0 Å². The molecule has 0 aliphatic carbocycles. The van der Waals surface area contributed by atoms with E-state index < -0.39 is 18.2 Å². The highest BCUT2D eigenvalue weighted by atomic mass is 32.3. The van der Waals surface area contributed by atoms with Gasteiger partial charge in [0.25, 0.3) is 0 Å². The Morgan fingerprint density at radius 1 is 1.21 bits per heavy atom. The summed E-state index contributed by atoms with van der Waals surface area (Å²) in [4.78, 5) is 15.8. The van der Waals surface area contributed by atoms with Crippen molar-refractivity contribution in [2.24, 2.45) is 0 Å². The number of phosphoric acid groups is 1. The molecule has 8 nitrogen and oxygen atoms in total. The predicted molar refractivity (Wildman–Crippen MR) is 46.8 cm³/mol. The van der Waals surface area contributed by atoms with E-state index in [9.17, 15) is 13.0 Å². The summed E-state index contributed by atoms with van der Waals surface area (Å²) in [5, 5.41) is 0. The molecule has 0 aliphatic rings. The van der Waals surface area contributed by atoms with Gasteiger partial charge in [0.05, 0.1) is 13.2 Å². The molecule has 0 amide bonds. The Kier molecular flexibility index (Phi) is 8.55. The highest BCUT2D eigenvalue weighted by molar-refractivity contribution is 7.80. The molecule has 0 aromatic carbocycles. The van der Waals surface area contributed by atoms with Crippen LogP contribution in [0.5, 0.6) is 0 Å². The monoisotopic (exact) mass is 252 g/mol. The lowest BCUT2D eigenvalue weighted by molar-refractivity contribution is 0.206. The van der Waals surface area contributed by atoms with Crippen LogP contribution in [0.4, 0.5) is 0 Å². The smallest absolute Gasteiger partial charge is 0.303 e. The van der Waals surface area contributed by atoms with E-state index in [0.29, 0.717) is 0 Å². The molecule has 0 saturated carbocycles. The summed E-state index contributed by atoms with van der Waals surface area (Å²) in [5.41, 5.74) is 0. The summed E-state index contributed by atoms with van der Waals surface area (Å²) in [5.74, 6) is 0. The van der Waals surface area contributed by atoms with Gasteiger partial charge in [-0.15, -0.1) is 0 Å². The highest BCUT2D eigenvalue weighted by Gasteiger charge is 2.10. The summed E-state index contributed by atoms with van der Waals surface area (Å²) in [6.07, 6.45) is 0. The Balaban J connectivity index is 0. The van der Waals surface area contributed by atoms with Crippen LogP contribution >= 0.6 is 7.82 Å². The zero-order chi connectivity index (χ0) is 11.8. The lowest BCUT2D eigenvalue weighted by Gasteiger charge is -1.98. The van der Waals surface area contributed by atoms with Crippen molar-refractivity contribution in [1.82, 2.24) is 0 Å². The molecule has 0 aliphatic heterocycles. The van der Waals surface area contributed by atoms with Crippen molar-refractivity contribution >= 4 is 18.2 Å². The third kappa shape index (κ3) is 22.7. The number of hydrogen-bond donors (Lipinski definition) is 3. The molecule has 14 heavy (non-hydrogen) atoms. The zero-order valence-corrected chi connectivity index (χ0v) is 9.36. The molecule has 10 heteroatoms. The second-order valence-corrected chi connectivity index (χ2v) is 4.07. The summed E-state index contributed by atoms with van der Waals surface area (Å²) < 4.78 is 44.3. The van der Waals surface area contributed by atoms with E-state index in [2.05, 4.69) is 8.71 Å². The van der Waals surface area contributed by atoms with Gasteiger partial charge in [0.1, 0.15) is 0 Å². The normalized spacial score (nSPS) is 11.8. The van der Waals surface area contributed by atoms with Gasteiger partial charge in [-0.05, 0) is 13.8 Å². The van der Waals surface area contributed by atoms with Gasteiger partial charge in [0.15, 0.2) is 0 Å². The Hall–Kier alpha value is -0.0200. The first-order chi connectivity index (χ1) is 6.12. The fraction of sp³-hybridized carbons (Fsp3) is 1.00. The quantitative estimate of drug-likeness (QED) is 0.468. The standard InChI is InChI=1S/C2H7O4P.C2H6O4S/c2*1-2-6-7(3,4)5/h2H2,1H3,(H2,3,4,5);2H2,1H3,(H,3,4,5). The fourth-order valence-corrected chi connectivity index (χ4v) is 0.951. The maximum absolute atomic E-state index is 9.70. The molecule has 0 saturated heterocycles. The molecule has 0 fully saturated rings. The van der Waals surface area contributed by atoms with Gasteiger partial charge in [-0.2, -0.15) is 8.42 Å². The van der Waals surface area contributed by atoms with E-state index in [1.54, 1.807) is 0 Å². The molecule has 0 unspecified atom stereocenters. The van der Waals surface area contributed by atoms with Crippen LogP contribution in [0.3, 0.4) is 0 Å². The van der Waals surface area contributed by atoms with Crippen molar-refractivity contribution in [2.45, 2.75) is 13.8 Å². The van der Waals surface area contributed by atoms with Crippen molar-refractivity contribution in [1.29, 1.82) is 0 Å². The Morgan fingerprint density at radius 2 is 1.64 bits per heavy atom. The number of rotatable bonds is 4. The van der Waals surface area contributed by atoms with Crippen molar-refractivity contribution in [3.8, 4) is 0 Å². The predicted octanol–water partition coefficient (Wildman–Crippen LogP) is -0.0587. The van der Waals surface area contributed by atoms with Gasteiger partial charge in [0, 0.05) is 0 Å². The lowest BCUT2D eigenvalue weighted by atomic mass is 10.9. The molecular formula is C4H13O8PS. The van der Waals surface area contributed by atoms with Crippen LogP contribution in [0.1, 0.15) is 13.8 Å². The van der Waals surface area contributed by atoms with E-state index in [-0.39, 0.29) is 13.2 Å². The molecule has 3 N–H and O–H groups in total. The SMILES string of the molecule is CCOP(=O)(O)O.CCOS(=O)(=O)O. The van der Waals surface area contributed by atoms with E-state index >= 15 is 0 Å². The van der Waals surface area contributed by atoms with Gasteiger partial charge in [-0.3, -0.25) is 9.08 Å². The zero-order valence-electron chi connectivity index (χ0n) is 7.65. The summed E-state index contributed by atoms with van der Waals surface area (Å²) >= 11 is 0. The molecule has 0 heterocycles. The van der Waals surface area contributed by atoms with Crippen molar-refractivity contribution in [3.05, 3.63) is 0 Å². The molecule has 0 spiro atoms. The van der Waals surface area contributed by atoms with Crippen LogP contribution in [-0.4, -0.2) is 36.0 Å². The first-order valence-corrected chi connectivity index (χ1v) is 6.33. The van der Waals surface area contributed by atoms with Gasteiger partial charge >= 0.3 is 18.2 Å². The molecule has 0 bridgehead atoms. The third-order valence-corrected chi connectivity index (χ3v) is 1.69. The minimum atomic E-state index is -4.17. The molecule has 0 radical (unpaired) electrons. The molecule has 0 atom stereocenters. The van der Waals surface area contributed by atoms with Crippen LogP contribution in [0, 0.1) is 0 Å².